The Bertz CT molecular complexity index is 407. The number of ether oxygens (including phenoxy) is 1. The highest BCUT2D eigenvalue weighted by atomic mass is 32.2. The Balaban J connectivity index is 2.48. The third kappa shape index (κ3) is 5.22. The minimum Gasteiger partial charge on any atom is -0.444 e. The Morgan fingerprint density at radius 3 is 2.28 bits per heavy atom. The van der Waals surface area contributed by atoms with Gasteiger partial charge in [-0.3, -0.25) is 0 Å². The van der Waals surface area contributed by atoms with Crippen molar-refractivity contribution in [3.8, 4) is 0 Å². The van der Waals surface area contributed by atoms with E-state index in [1.54, 1.807) is 20.8 Å². The Hall–Kier alpha value is -0.820. The second-order valence-corrected chi connectivity index (χ2v) is 7.63. The summed E-state index contributed by atoms with van der Waals surface area (Å²) in [6, 6.07) is 0. The van der Waals surface area contributed by atoms with Gasteiger partial charge in [0.05, 0.1) is 5.75 Å². The van der Waals surface area contributed by atoms with Gasteiger partial charge in [0.15, 0.2) is 0 Å². The highest BCUT2D eigenvalue weighted by molar-refractivity contribution is 7.89. The van der Waals surface area contributed by atoms with E-state index < -0.39 is 27.1 Å². The average Bonchev–Trinajstić information content (AvgIpc) is 2.04. The van der Waals surface area contributed by atoms with E-state index in [1.807, 2.05) is 0 Å². The van der Waals surface area contributed by atoms with E-state index in [9.17, 15) is 13.2 Å². The second-order valence-electron chi connectivity index (χ2n) is 6.02. The SMILES string of the molecule is CC(C)(C)OC(=O)NCC1(CS(N)(=O)=O)CCC1. The second kappa shape index (κ2) is 5.05. The van der Waals surface area contributed by atoms with Gasteiger partial charge in [0.1, 0.15) is 5.60 Å². The van der Waals surface area contributed by atoms with Crippen LogP contribution in [0.1, 0.15) is 40.0 Å². The van der Waals surface area contributed by atoms with Crippen LogP contribution in [0.3, 0.4) is 0 Å². The number of carbonyl (C=O) groups excluding carboxylic acids is 1. The Morgan fingerprint density at radius 1 is 1.39 bits per heavy atom. The molecule has 0 aromatic rings. The molecule has 106 valence electrons. The van der Waals surface area contributed by atoms with E-state index >= 15 is 0 Å². The lowest BCUT2D eigenvalue weighted by Gasteiger charge is -2.41. The van der Waals surface area contributed by atoms with Gasteiger partial charge in [-0.2, -0.15) is 0 Å². The number of nitrogens with two attached hydrogens (primary N) is 1. The minimum absolute atomic E-state index is 0.0875. The third-order valence-electron chi connectivity index (χ3n) is 2.93. The summed E-state index contributed by atoms with van der Waals surface area (Å²) in [7, 11) is -3.52. The smallest absolute Gasteiger partial charge is 0.407 e. The number of carbonyl (C=O) groups is 1. The fourth-order valence-corrected chi connectivity index (χ4v) is 3.29. The number of rotatable bonds is 4. The molecule has 0 saturated heterocycles. The fourth-order valence-electron chi connectivity index (χ4n) is 2.05. The largest absolute Gasteiger partial charge is 0.444 e. The Labute approximate surface area is 108 Å². The van der Waals surface area contributed by atoms with Crippen molar-refractivity contribution in [2.75, 3.05) is 12.3 Å². The van der Waals surface area contributed by atoms with Gasteiger partial charge in [-0.25, -0.2) is 18.4 Å². The summed E-state index contributed by atoms with van der Waals surface area (Å²) in [6.45, 7) is 5.61. The van der Waals surface area contributed by atoms with E-state index in [4.69, 9.17) is 9.88 Å². The number of primary sulfonamides is 1. The van der Waals surface area contributed by atoms with Crippen LogP contribution < -0.4 is 10.5 Å². The summed E-state index contributed by atoms with van der Waals surface area (Å²) in [6.07, 6.45) is 1.97. The Morgan fingerprint density at radius 2 is 1.94 bits per heavy atom. The molecule has 6 nitrogen and oxygen atoms in total. The molecule has 3 N–H and O–H groups in total. The van der Waals surface area contributed by atoms with Crippen molar-refractivity contribution in [2.45, 2.75) is 45.6 Å². The first kappa shape index (κ1) is 15.2. The van der Waals surface area contributed by atoms with Gasteiger partial charge in [-0.05, 0) is 33.6 Å². The molecular weight excluding hydrogens is 256 g/mol. The molecule has 1 fully saturated rings. The predicted molar refractivity (Wildman–Crippen MR) is 68.5 cm³/mol. The van der Waals surface area contributed by atoms with Crippen molar-refractivity contribution >= 4 is 16.1 Å². The van der Waals surface area contributed by atoms with E-state index in [1.165, 1.54) is 0 Å². The van der Waals surface area contributed by atoms with Crippen molar-refractivity contribution < 1.29 is 17.9 Å². The van der Waals surface area contributed by atoms with Gasteiger partial charge in [0, 0.05) is 12.0 Å². The molecule has 0 atom stereocenters. The van der Waals surface area contributed by atoms with Crippen LogP contribution in [-0.2, 0) is 14.8 Å². The van der Waals surface area contributed by atoms with Gasteiger partial charge >= 0.3 is 6.09 Å². The highest BCUT2D eigenvalue weighted by Crippen LogP contribution is 2.41. The van der Waals surface area contributed by atoms with Gasteiger partial charge in [0.25, 0.3) is 0 Å². The van der Waals surface area contributed by atoms with Crippen LogP contribution in [0.4, 0.5) is 4.79 Å². The third-order valence-corrected chi connectivity index (χ3v) is 3.94. The zero-order valence-electron chi connectivity index (χ0n) is 11.2. The highest BCUT2D eigenvalue weighted by Gasteiger charge is 2.40. The molecule has 1 amide bonds. The quantitative estimate of drug-likeness (QED) is 0.800. The minimum atomic E-state index is -3.52. The molecule has 0 aliphatic heterocycles. The van der Waals surface area contributed by atoms with E-state index in [-0.39, 0.29) is 5.75 Å². The van der Waals surface area contributed by atoms with Gasteiger partial charge < -0.3 is 10.1 Å². The molecule has 0 heterocycles. The van der Waals surface area contributed by atoms with E-state index in [2.05, 4.69) is 5.32 Å². The monoisotopic (exact) mass is 278 g/mol. The summed E-state index contributed by atoms with van der Waals surface area (Å²) in [5, 5.41) is 7.69. The summed E-state index contributed by atoms with van der Waals surface area (Å²) < 4.78 is 27.4. The first-order chi connectivity index (χ1) is 8.02. The standard InChI is InChI=1S/C11H22N2O4S/c1-10(2,3)17-9(14)13-7-11(5-4-6-11)8-18(12,15)16/h4-8H2,1-3H3,(H,13,14)(H2,12,15,16). The van der Waals surface area contributed by atoms with Crippen molar-refractivity contribution in [3.05, 3.63) is 0 Å². The number of hydrogen-bond donors (Lipinski definition) is 2. The Kier molecular flexibility index (Phi) is 4.27. The summed E-state index contributed by atoms with van der Waals surface area (Å²) in [4.78, 5) is 11.5. The van der Waals surface area contributed by atoms with Gasteiger partial charge in [0.2, 0.25) is 10.0 Å². The van der Waals surface area contributed by atoms with Crippen LogP contribution >= 0.6 is 0 Å². The van der Waals surface area contributed by atoms with E-state index in [0.29, 0.717) is 6.54 Å². The molecule has 0 aromatic carbocycles. The van der Waals surface area contributed by atoms with Crippen LogP contribution in [-0.4, -0.2) is 32.4 Å². The van der Waals surface area contributed by atoms with Crippen molar-refractivity contribution in [2.24, 2.45) is 10.6 Å². The summed E-state index contributed by atoms with van der Waals surface area (Å²) in [5.41, 5.74) is -0.971. The first-order valence-electron chi connectivity index (χ1n) is 5.99. The normalized spacial score (nSPS) is 18.9. The van der Waals surface area contributed by atoms with Gasteiger partial charge in [-0.15, -0.1) is 0 Å². The zero-order valence-corrected chi connectivity index (χ0v) is 12.0. The number of hydrogen-bond acceptors (Lipinski definition) is 4. The maximum atomic E-state index is 11.5. The molecule has 1 aliphatic rings. The lowest BCUT2D eigenvalue weighted by Crippen LogP contribution is -2.48. The van der Waals surface area contributed by atoms with Crippen molar-refractivity contribution in [1.29, 1.82) is 0 Å². The molecule has 7 heteroatoms. The molecular formula is C11H22N2O4S. The molecule has 1 rings (SSSR count). The molecule has 1 aliphatic carbocycles. The molecule has 0 spiro atoms. The maximum Gasteiger partial charge on any atom is 0.407 e. The molecule has 0 unspecified atom stereocenters. The molecule has 0 aromatic heterocycles. The van der Waals surface area contributed by atoms with Crippen LogP contribution in [0.25, 0.3) is 0 Å². The van der Waals surface area contributed by atoms with Gasteiger partial charge in [-0.1, -0.05) is 6.42 Å². The van der Waals surface area contributed by atoms with Crippen LogP contribution in [0.2, 0.25) is 0 Å². The predicted octanol–water partition coefficient (Wildman–Crippen LogP) is 0.970. The lowest BCUT2D eigenvalue weighted by molar-refractivity contribution is 0.0471. The summed E-state index contributed by atoms with van der Waals surface area (Å²) >= 11 is 0. The zero-order chi connectivity index (χ0) is 14.0. The molecule has 0 bridgehead atoms. The number of amides is 1. The number of alkyl carbamates (subject to hydrolysis) is 1. The molecule has 18 heavy (non-hydrogen) atoms. The number of nitrogens with one attached hydrogen (secondary N) is 1. The fraction of sp³-hybridized carbons (Fsp3) is 0.909. The summed E-state index contributed by atoms with van der Waals surface area (Å²) in [5.74, 6) is -0.0875. The van der Waals surface area contributed by atoms with Crippen LogP contribution in [0, 0.1) is 5.41 Å². The topological polar surface area (TPSA) is 98.5 Å². The van der Waals surface area contributed by atoms with Crippen molar-refractivity contribution in [3.63, 3.8) is 0 Å². The lowest BCUT2D eigenvalue weighted by atomic mass is 9.70. The van der Waals surface area contributed by atoms with Crippen LogP contribution in [0.15, 0.2) is 0 Å². The maximum absolute atomic E-state index is 11.5. The number of sulfonamides is 1. The van der Waals surface area contributed by atoms with Crippen LogP contribution in [0.5, 0.6) is 0 Å². The molecule has 0 radical (unpaired) electrons. The average molecular weight is 278 g/mol. The first-order valence-corrected chi connectivity index (χ1v) is 7.70. The molecule has 1 saturated carbocycles. The van der Waals surface area contributed by atoms with E-state index in [0.717, 1.165) is 19.3 Å². The van der Waals surface area contributed by atoms with Crippen molar-refractivity contribution in [1.82, 2.24) is 5.32 Å².